The first-order valence-electron chi connectivity index (χ1n) is 4.60. The molecule has 0 heterocycles. The fourth-order valence-corrected chi connectivity index (χ4v) is 2.10. The molecule has 1 aliphatic carbocycles. The highest BCUT2D eigenvalue weighted by Gasteiger charge is 2.33. The maximum Gasteiger partial charge on any atom is 0.0656 e. The van der Waals surface area contributed by atoms with E-state index in [1.54, 1.807) is 0 Å². The van der Waals surface area contributed by atoms with E-state index in [4.69, 9.17) is 0 Å². The van der Waals surface area contributed by atoms with Gasteiger partial charge < -0.3 is 5.11 Å². The molecule has 0 saturated heterocycles. The van der Waals surface area contributed by atoms with Crippen molar-refractivity contribution < 1.29 is 5.11 Å². The Labute approximate surface area is 69.8 Å². The van der Waals surface area contributed by atoms with Gasteiger partial charge in [0, 0.05) is 5.92 Å². The Hall–Kier alpha value is -0.0400. The summed E-state index contributed by atoms with van der Waals surface area (Å²) in [7, 11) is 0. The molecule has 0 spiro atoms. The van der Waals surface area contributed by atoms with E-state index in [1.807, 2.05) is 13.8 Å². The van der Waals surface area contributed by atoms with E-state index in [0.717, 1.165) is 6.42 Å². The predicted molar refractivity (Wildman–Crippen MR) is 47.2 cm³/mol. The van der Waals surface area contributed by atoms with Gasteiger partial charge in [-0.05, 0) is 26.2 Å². The molecule has 1 nitrogen and oxygen atoms in total. The molecule has 0 aromatic heterocycles. The molecular formula is C10H19O. The molecule has 0 amide bonds. The second kappa shape index (κ2) is 3.14. The lowest BCUT2D eigenvalue weighted by molar-refractivity contribution is 0.0656. The van der Waals surface area contributed by atoms with Crippen molar-refractivity contribution in [2.24, 2.45) is 5.92 Å². The van der Waals surface area contributed by atoms with Gasteiger partial charge in [0.1, 0.15) is 0 Å². The van der Waals surface area contributed by atoms with Crippen LogP contribution < -0.4 is 0 Å². The van der Waals surface area contributed by atoms with Crippen LogP contribution in [0.1, 0.15) is 46.5 Å². The molecular weight excluding hydrogens is 136 g/mol. The molecule has 1 atom stereocenters. The van der Waals surface area contributed by atoms with Crippen molar-refractivity contribution in [2.75, 3.05) is 0 Å². The molecule has 0 bridgehead atoms. The Bertz CT molecular complexity index is 123. The Balaban J connectivity index is 2.55. The fourth-order valence-electron chi connectivity index (χ4n) is 2.10. The molecule has 1 radical (unpaired) electrons. The third-order valence-corrected chi connectivity index (χ3v) is 2.71. The first kappa shape index (κ1) is 9.05. The first-order valence-corrected chi connectivity index (χ1v) is 4.60. The minimum Gasteiger partial charge on any atom is -0.390 e. The Morgan fingerprint density at radius 3 is 2.36 bits per heavy atom. The van der Waals surface area contributed by atoms with Crippen molar-refractivity contribution in [3.8, 4) is 0 Å². The van der Waals surface area contributed by atoms with E-state index < -0.39 is 5.60 Å². The van der Waals surface area contributed by atoms with Gasteiger partial charge in [-0.15, -0.1) is 0 Å². The van der Waals surface area contributed by atoms with E-state index in [9.17, 15) is 5.11 Å². The highest BCUT2D eigenvalue weighted by molar-refractivity contribution is 5.08. The topological polar surface area (TPSA) is 20.2 Å². The van der Waals surface area contributed by atoms with Crippen LogP contribution in [0.25, 0.3) is 0 Å². The monoisotopic (exact) mass is 155 g/mol. The zero-order valence-electron chi connectivity index (χ0n) is 7.85. The van der Waals surface area contributed by atoms with Crippen LogP contribution in [-0.2, 0) is 0 Å². The summed E-state index contributed by atoms with van der Waals surface area (Å²) in [6.07, 6.45) is 4.99. The minimum absolute atomic E-state index is 0.542. The standard InChI is InChI=1S/C10H19O/c1-8-6-4-5-7-9(8)10(2,3)11/h8,11H,4-7H2,1-3H3/t8-/m1/s1. The van der Waals surface area contributed by atoms with Gasteiger partial charge in [-0.2, -0.15) is 0 Å². The summed E-state index contributed by atoms with van der Waals surface area (Å²) in [6.45, 7) is 6.04. The number of rotatable bonds is 1. The SMILES string of the molecule is C[C@@H]1CCCC[C]1C(C)(C)O. The lowest BCUT2D eigenvalue weighted by atomic mass is 9.72. The predicted octanol–water partition coefficient (Wildman–Crippen LogP) is 2.54. The molecule has 1 heteroatoms. The maximum absolute atomic E-state index is 9.78. The Kier molecular flexibility index (Phi) is 2.58. The van der Waals surface area contributed by atoms with Crippen LogP contribution in [-0.4, -0.2) is 10.7 Å². The number of hydrogen-bond acceptors (Lipinski definition) is 1. The molecule has 0 unspecified atom stereocenters. The van der Waals surface area contributed by atoms with Crippen LogP contribution in [0.3, 0.4) is 0 Å². The molecule has 1 fully saturated rings. The highest BCUT2D eigenvalue weighted by Crippen LogP contribution is 2.38. The zero-order valence-corrected chi connectivity index (χ0v) is 7.85. The minimum atomic E-state index is -0.542. The molecule has 0 aromatic carbocycles. The van der Waals surface area contributed by atoms with Crippen molar-refractivity contribution in [1.82, 2.24) is 0 Å². The quantitative estimate of drug-likeness (QED) is 0.617. The fraction of sp³-hybridized carbons (Fsp3) is 0.900. The van der Waals surface area contributed by atoms with Crippen molar-refractivity contribution >= 4 is 0 Å². The number of hydrogen-bond donors (Lipinski definition) is 1. The summed E-state index contributed by atoms with van der Waals surface area (Å²) in [5.41, 5.74) is -0.542. The summed E-state index contributed by atoms with van der Waals surface area (Å²) in [4.78, 5) is 0. The van der Waals surface area contributed by atoms with Crippen molar-refractivity contribution in [3.05, 3.63) is 5.92 Å². The van der Waals surface area contributed by atoms with Crippen molar-refractivity contribution in [1.29, 1.82) is 0 Å². The van der Waals surface area contributed by atoms with E-state index in [-0.39, 0.29) is 0 Å². The first-order chi connectivity index (χ1) is 5.02. The third kappa shape index (κ3) is 2.19. The third-order valence-electron chi connectivity index (χ3n) is 2.71. The van der Waals surface area contributed by atoms with Gasteiger partial charge >= 0.3 is 0 Å². The van der Waals surface area contributed by atoms with E-state index in [1.165, 1.54) is 25.2 Å². The highest BCUT2D eigenvalue weighted by atomic mass is 16.3. The molecule has 0 aliphatic heterocycles. The van der Waals surface area contributed by atoms with Gasteiger partial charge in [-0.25, -0.2) is 0 Å². The molecule has 1 N–H and O–H groups in total. The van der Waals surface area contributed by atoms with Crippen LogP contribution in [0.4, 0.5) is 0 Å². The van der Waals surface area contributed by atoms with E-state index in [0.29, 0.717) is 5.92 Å². The van der Waals surface area contributed by atoms with Crippen molar-refractivity contribution in [3.63, 3.8) is 0 Å². The van der Waals surface area contributed by atoms with Crippen LogP contribution >= 0.6 is 0 Å². The lowest BCUT2D eigenvalue weighted by Gasteiger charge is -2.36. The Morgan fingerprint density at radius 1 is 1.36 bits per heavy atom. The van der Waals surface area contributed by atoms with Crippen LogP contribution in [0, 0.1) is 11.8 Å². The summed E-state index contributed by atoms with van der Waals surface area (Å²) in [5, 5.41) is 9.78. The van der Waals surface area contributed by atoms with Gasteiger partial charge in [0.15, 0.2) is 0 Å². The Morgan fingerprint density at radius 2 is 2.00 bits per heavy atom. The maximum atomic E-state index is 9.78. The zero-order chi connectivity index (χ0) is 8.48. The van der Waals surface area contributed by atoms with Crippen LogP contribution in [0.15, 0.2) is 0 Å². The smallest absolute Gasteiger partial charge is 0.0656 e. The molecule has 65 valence electrons. The molecule has 1 saturated carbocycles. The van der Waals surface area contributed by atoms with Gasteiger partial charge in [0.05, 0.1) is 5.60 Å². The van der Waals surface area contributed by atoms with Gasteiger partial charge in [0.2, 0.25) is 0 Å². The average Bonchev–Trinajstić information content (AvgIpc) is 1.86. The summed E-state index contributed by atoms with van der Waals surface area (Å²) in [6, 6.07) is 0. The second-order valence-electron chi connectivity index (χ2n) is 4.23. The van der Waals surface area contributed by atoms with E-state index in [2.05, 4.69) is 6.92 Å². The average molecular weight is 155 g/mol. The summed E-state index contributed by atoms with van der Waals surface area (Å²) in [5.74, 6) is 1.98. The summed E-state index contributed by atoms with van der Waals surface area (Å²) >= 11 is 0. The molecule has 1 aliphatic rings. The summed E-state index contributed by atoms with van der Waals surface area (Å²) < 4.78 is 0. The second-order valence-corrected chi connectivity index (χ2v) is 4.23. The van der Waals surface area contributed by atoms with Crippen LogP contribution in [0.2, 0.25) is 0 Å². The number of aliphatic hydroxyl groups is 1. The van der Waals surface area contributed by atoms with Gasteiger partial charge in [-0.1, -0.05) is 26.2 Å². The molecule has 1 rings (SSSR count). The van der Waals surface area contributed by atoms with Gasteiger partial charge in [-0.3, -0.25) is 0 Å². The largest absolute Gasteiger partial charge is 0.390 e. The van der Waals surface area contributed by atoms with Crippen molar-refractivity contribution in [2.45, 2.75) is 52.1 Å². The van der Waals surface area contributed by atoms with Gasteiger partial charge in [0.25, 0.3) is 0 Å². The van der Waals surface area contributed by atoms with E-state index >= 15 is 0 Å². The lowest BCUT2D eigenvalue weighted by Crippen LogP contribution is -2.35. The van der Waals surface area contributed by atoms with Crippen LogP contribution in [0.5, 0.6) is 0 Å². The molecule has 11 heavy (non-hydrogen) atoms. The molecule has 0 aromatic rings. The normalized spacial score (nSPS) is 28.9.